The van der Waals surface area contributed by atoms with Gasteiger partial charge in [-0.2, -0.15) is 0 Å². The van der Waals surface area contributed by atoms with Gasteiger partial charge >= 0.3 is 23.6 Å². The van der Waals surface area contributed by atoms with Gasteiger partial charge in [0.2, 0.25) is 0 Å². The van der Waals surface area contributed by atoms with Gasteiger partial charge in [-0.05, 0) is 73.6 Å². The van der Waals surface area contributed by atoms with E-state index in [2.05, 4.69) is 4.90 Å². The van der Waals surface area contributed by atoms with Crippen molar-refractivity contribution in [3.63, 3.8) is 0 Å². The first-order valence-electron chi connectivity index (χ1n) is 13.2. The lowest BCUT2D eigenvalue weighted by Crippen LogP contribution is -2.46. The molecule has 0 N–H and O–H groups in total. The van der Waals surface area contributed by atoms with Gasteiger partial charge in [0.25, 0.3) is 0 Å². The first-order chi connectivity index (χ1) is 16.9. The van der Waals surface area contributed by atoms with Crippen molar-refractivity contribution < 1.29 is 36.1 Å². The Bertz CT molecular complexity index is 488. The summed E-state index contributed by atoms with van der Waals surface area (Å²) in [5, 5.41) is 0. The van der Waals surface area contributed by atoms with Crippen molar-refractivity contribution in [1.82, 2.24) is 4.90 Å². The number of hydrogen-bond acceptors (Lipinski definition) is 10. The fraction of sp³-hybridized carbons (Fsp3) is 0.957. The molecule has 35 heavy (non-hydrogen) atoms. The first kappa shape index (κ1) is 35.0. The highest BCUT2D eigenvalue weighted by Gasteiger charge is 2.40. The van der Waals surface area contributed by atoms with Crippen LogP contribution in [0.2, 0.25) is 12.1 Å². The van der Waals surface area contributed by atoms with Gasteiger partial charge in [0, 0.05) is 57.6 Å². The number of carbonyl (C=O) groups is 1. The zero-order chi connectivity index (χ0) is 26.4. The lowest BCUT2D eigenvalue weighted by molar-refractivity contribution is -0.144. The summed E-state index contributed by atoms with van der Waals surface area (Å²) in [6.07, 6.45) is 1.75. The lowest BCUT2D eigenvalue weighted by atomic mass is 10.4. The fourth-order valence-corrected chi connectivity index (χ4v) is 10.1. The second kappa shape index (κ2) is 22.0. The third kappa shape index (κ3) is 15.7. The highest BCUT2D eigenvalue weighted by molar-refractivity contribution is 7.99. The van der Waals surface area contributed by atoms with Crippen molar-refractivity contribution in [2.75, 3.05) is 71.0 Å². The summed E-state index contributed by atoms with van der Waals surface area (Å²) in [7, 11) is -5.31. The SMILES string of the molecule is CCOC(=O)CN(CCC[Si](OCC)(OCC)OCC)CSCCC[Si](OCC)(OCC)OCC. The number of rotatable bonds is 25. The highest BCUT2D eigenvalue weighted by atomic mass is 32.2. The predicted molar refractivity (Wildman–Crippen MR) is 146 cm³/mol. The maximum Gasteiger partial charge on any atom is 0.500 e. The van der Waals surface area contributed by atoms with Crippen LogP contribution in [0.4, 0.5) is 0 Å². The van der Waals surface area contributed by atoms with Crippen molar-refractivity contribution in [2.45, 2.75) is 73.4 Å². The van der Waals surface area contributed by atoms with Crippen molar-refractivity contribution in [1.29, 1.82) is 0 Å². The van der Waals surface area contributed by atoms with Crippen LogP contribution in [0.5, 0.6) is 0 Å². The van der Waals surface area contributed by atoms with Gasteiger partial charge < -0.3 is 31.3 Å². The Balaban J connectivity index is 4.87. The molecule has 210 valence electrons. The molecule has 0 amide bonds. The Kier molecular flexibility index (Phi) is 22.0. The molecule has 0 bridgehead atoms. The fourth-order valence-electron chi connectivity index (χ4n) is 3.68. The molecule has 0 saturated heterocycles. The molecule has 9 nitrogen and oxygen atoms in total. The van der Waals surface area contributed by atoms with Gasteiger partial charge in [-0.15, -0.1) is 11.8 Å². The summed E-state index contributed by atoms with van der Waals surface area (Å²) in [6, 6.07) is 1.51. The Labute approximate surface area is 220 Å². The van der Waals surface area contributed by atoms with Crippen molar-refractivity contribution in [2.24, 2.45) is 0 Å². The molecule has 0 aromatic carbocycles. The molecule has 0 atom stereocenters. The van der Waals surface area contributed by atoms with Crippen LogP contribution in [0.1, 0.15) is 61.3 Å². The molecule has 0 heterocycles. The molecular formula is C23H51NO8SSi2. The molecule has 0 rings (SSSR count). The maximum absolute atomic E-state index is 12.2. The standard InChI is InChI=1S/C23H51NO8SSi2/c1-8-26-23(25)21-24(17-15-19-34(27-9-2,28-10-3)29-11-4)22-33-18-16-20-35(30-12-5,31-13-6)32-14-7/h8-22H2,1-7H3. The molecular weight excluding hydrogens is 506 g/mol. The summed E-state index contributed by atoms with van der Waals surface area (Å²) >= 11 is 1.80. The summed E-state index contributed by atoms with van der Waals surface area (Å²) in [6.45, 7) is 18.5. The Morgan fingerprint density at radius 1 is 0.657 bits per heavy atom. The summed E-state index contributed by atoms with van der Waals surface area (Å²) in [4.78, 5) is 14.3. The van der Waals surface area contributed by atoms with Gasteiger partial charge in [0.1, 0.15) is 0 Å². The quantitative estimate of drug-likeness (QED) is 0.0696. The zero-order valence-electron chi connectivity index (χ0n) is 23.2. The number of ether oxygens (including phenoxy) is 1. The maximum atomic E-state index is 12.2. The monoisotopic (exact) mass is 557 g/mol. The van der Waals surface area contributed by atoms with Gasteiger partial charge in [-0.1, -0.05) is 0 Å². The van der Waals surface area contributed by atoms with E-state index < -0.39 is 17.6 Å². The van der Waals surface area contributed by atoms with Gasteiger partial charge in [-0.3, -0.25) is 9.69 Å². The molecule has 0 aliphatic heterocycles. The molecule has 0 fully saturated rings. The van der Waals surface area contributed by atoms with Crippen LogP contribution >= 0.6 is 11.8 Å². The van der Waals surface area contributed by atoms with Crippen LogP contribution in [0, 0.1) is 0 Å². The van der Waals surface area contributed by atoms with Gasteiger partial charge in [0.15, 0.2) is 0 Å². The van der Waals surface area contributed by atoms with E-state index in [0.717, 1.165) is 43.1 Å². The number of hydrogen-bond donors (Lipinski definition) is 0. The number of nitrogens with zero attached hydrogens (tertiary/aromatic N) is 1. The molecule has 0 aliphatic rings. The molecule has 0 aliphatic carbocycles. The lowest BCUT2D eigenvalue weighted by Gasteiger charge is -2.29. The van der Waals surface area contributed by atoms with E-state index in [0.29, 0.717) is 46.2 Å². The average Bonchev–Trinajstić information content (AvgIpc) is 2.80. The van der Waals surface area contributed by atoms with E-state index in [-0.39, 0.29) is 12.5 Å². The van der Waals surface area contributed by atoms with Crippen LogP contribution < -0.4 is 0 Å². The number of thioether (sulfide) groups is 1. The number of carbonyl (C=O) groups excluding carboxylic acids is 1. The van der Waals surface area contributed by atoms with Gasteiger partial charge in [-0.25, -0.2) is 0 Å². The second-order valence-corrected chi connectivity index (χ2v) is 14.1. The minimum atomic E-state index is -2.69. The number of esters is 1. The molecule has 0 aromatic rings. The first-order valence-corrected chi connectivity index (χ1v) is 18.2. The topological polar surface area (TPSA) is 84.9 Å². The second-order valence-electron chi connectivity index (χ2n) is 7.57. The summed E-state index contributed by atoms with van der Waals surface area (Å²) < 4.78 is 40.9. The van der Waals surface area contributed by atoms with Crippen LogP contribution in [0.25, 0.3) is 0 Å². The summed E-state index contributed by atoms with van der Waals surface area (Å²) in [5.74, 6) is 1.46. The van der Waals surface area contributed by atoms with E-state index in [9.17, 15) is 4.79 Å². The normalized spacial score (nSPS) is 12.5. The van der Waals surface area contributed by atoms with Crippen molar-refractivity contribution in [3.05, 3.63) is 0 Å². The van der Waals surface area contributed by atoms with E-state index in [1.807, 2.05) is 48.5 Å². The smallest absolute Gasteiger partial charge is 0.465 e. The third-order valence-electron chi connectivity index (χ3n) is 4.85. The van der Waals surface area contributed by atoms with Crippen LogP contribution in [0.15, 0.2) is 0 Å². The molecule has 12 heteroatoms. The molecule has 0 aromatic heterocycles. The van der Waals surface area contributed by atoms with E-state index in [1.165, 1.54) is 0 Å². The molecule has 0 saturated carbocycles. The van der Waals surface area contributed by atoms with Crippen LogP contribution in [-0.4, -0.2) is 99.4 Å². The molecule has 0 unspecified atom stereocenters. The van der Waals surface area contributed by atoms with Crippen molar-refractivity contribution in [3.8, 4) is 0 Å². The minimum Gasteiger partial charge on any atom is -0.465 e. The van der Waals surface area contributed by atoms with Crippen molar-refractivity contribution >= 4 is 35.3 Å². The molecule has 0 radical (unpaired) electrons. The Morgan fingerprint density at radius 2 is 1.09 bits per heavy atom. The van der Waals surface area contributed by atoms with E-state index in [1.54, 1.807) is 11.8 Å². The van der Waals surface area contributed by atoms with E-state index in [4.69, 9.17) is 31.3 Å². The Hall–Kier alpha value is -0.0262. The predicted octanol–water partition coefficient (Wildman–Crippen LogP) is 4.42. The van der Waals surface area contributed by atoms with Gasteiger partial charge in [0.05, 0.1) is 13.2 Å². The highest BCUT2D eigenvalue weighted by Crippen LogP contribution is 2.21. The van der Waals surface area contributed by atoms with Crippen LogP contribution in [0.3, 0.4) is 0 Å². The zero-order valence-corrected chi connectivity index (χ0v) is 26.0. The minimum absolute atomic E-state index is 0.202. The third-order valence-corrected chi connectivity index (χ3v) is 12.3. The molecule has 0 spiro atoms. The Morgan fingerprint density at radius 3 is 1.49 bits per heavy atom. The van der Waals surface area contributed by atoms with Crippen LogP contribution in [-0.2, 0) is 36.1 Å². The summed E-state index contributed by atoms with van der Waals surface area (Å²) in [5.41, 5.74) is 0. The largest absolute Gasteiger partial charge is 0.500 e. The average molecular weight is 558 g/mol. The van der Waals surface area contributed by atoms with E-state index >= 15 is 0 Å².